The molecular formula is C37H39BS. The molecule has 196 valence electrons. The Kier molecular flexibility index (Phi) is 10.9. The molecule has 2 heteroatoms. The summed E-state index contributed by atoms with van der Waals surface area (Å²) >= 11 is 0. The van der Waals surface area contributed by atoms with E-state index in [2.05, 4.69) is 165 Å². The lowest BCUT2D eigenvalue weighted by Crippen LogP contribution is -2.66. The van der Waals surface area contributed by atoms with Gasteiger partial charge in [-0.3, -0.25) is 0 Å². The highest BCUT2D eigenvalue weighted by Crippen LogP contribution is 2.23. The predicted octanol–water partition coefficient (Wildman–Crippen LogP) is 7.87. The third kappa shape index (κ3) is 7.22. The molecule has 0 heterocycles. The lowest BCUT2D eigenvalue weighted by atomic mass is 9.14. The Hall–Kier alpha value is -3.75. The lowest BCUT2D eigenvalue weighted by molar-refractivity contribution is 0.874. The molecule has 0 aromatic heterocycles. The van der Waals surface area contributed by atoms with Crippen molar-refractivity contribution >= 4 is 33.4 Å². The average Bonchev–Trinajstić information content (AvgIpc) is 3.03. The topological polar surface area (TPSA) is 0 Å². The van der Waals surface area contributed by atoms with Gasteiger partial charge in [0.1, 0.15) is 5.75 Å². The molecule has 0 fully saturated rings. The second-order valence-electron chi connectivity index (χ2n) is 9.89. The van der Waals surface area contributed by atoms with Crippen molar-refractivity contribution in [2.45, 2.75) is 35.9 Å². The number of hydrogen-bond donors (Lipinski definition) is 0. The minimum Gasteiger partial charge on any atom is -0.200 e. The van der Waals surface area contributed by atoms with Crippen LogP contribution in [0.15, 0.2) is 174 Å². The maximum Gasteiger partial charge on any atom is 0.161 e. The molecule has 0 bridgehead atoms. The fourth-order valence-electron chi connectivity index (χ4n) is 5.55. The highest BCUT2D eigenvalue weighted by molar-refractivity contribution is 7.97. The Labute approximate surface area is 238 Å². The van der Waals surface area contributed by atoms with Crippen molar-refractivity contribution in [3.8, 4) is 0 Å². The molecule has 0 saturated heterocycles. The smallest absolute Gasteiger partial charge is 0.161 e. The zero-order chi connectivity index (χ0) is 27.2. The fraction of sp³-hybridized carbons (Fsp3) is 0.135. The minimum atomic E-state index is -0.913. The third-order valence-electron chi connectivity index (χ3n) is 7.44. The van der Waals surface area contributed by atoms with Crippen molar-refractivity contribution in [1.82, 2.24) is 0 Å². The first-order valence-corrected chi connectivity index (χ1v) is 15.4. The van der Waals surface area contributed by atoms with Crippen molar-refractivity contribution < 1.29 is 0 Å². The van der Waals surface area contributed by atoms with E-state index in [4.69, 9.17) is 0 Å². The van der Waals surface area contributed by atoms with Gasteiger partial charge in [0.15, 0.2) is 9.79 Å². The molecule has 0 radical (unpaired) electrons. The summed E-state index contributed by atoms with van der Waals surface area (Å²) in [5.74, 6) is 1.01. The number of hydrogen-bond acceptors (Lipinski definition) is 0. The summed E-state index contributed by atoms with van der Waals surface area (Å²) in [4.78, 5) is 2.77. The van der Waals surface area contributed by atoms with Gasteiger partial charge >= 0.3 is 0 Å². The summed E-state index contributed by atoms with van der Waals surface area (Å²) in [5, 5.41) is 0. The van der Waals surface area contributed by atoms with Gasteiger partial charge in [0, 0.05) is 0 Å². The fourth-order valence-corrected chi connectivity index (χ4v) is 7.41. The van der Waals surface area contributed by atoms with Crippen LogP contribution in [-0.2, 0) is 10.9 Å². The first-order chi connectivity index (χ1) is 19.3. The van der Waals surface area contributed by atoms with Crippen LogP contribution in [-0.4, -0.2) is 11.9 Å². The molecule has 0 N–H and O–H groups in total. The Bertz CT molecular complexity index is 1220. The minimum absolute atomic E-state index is 0.131. The van der Waals surface area contributed by atoms with E-state index in [1.807, 2.05) is 6.08 Å². The number of benzene rings is 5. The van der Waals surface area contributed by atoms with Gasteiger partial charge < -0.3 is 0 Å². The second-order valence-corrected chi connectivity index (χ2v) is 11.9. The van der Waals surface area contributed by atoms with Crippen LogP contribution in [0, 0.1) is 0 Å². The summed E-state index contributed by atoms with van der Waals surface area (Å²) in [6, 6.07) is 54.5. The Morgan fingerprint density at radius 1 is 0.538 bits per heavy atom. The molecule has 0 atom stereocenters. The van der Waals surface area contributed by atoms with Crippen molar-refractivity contribution in [3.05, 3.63) is 164 Å². The van der Waals surface area contributed by atoms with Crippen molar-refractivity contribution in [2.75, 3.05) is 5.75 Å². The van der Waals surface area contributed by atoms with E-state index in [1.165, 1.54) is 45.3 Å². The van der Waals surface area contributed by atoms with E-state index in [-0.39, 0.29) is 10.9 Å². The van der Waals surface area contributed by atoms with Crippen LogP contribution in [0.3, 0.4) is 0 Å². The summed E-state index contributed by atoms with van der Waals surface area (Å²) in [6.45, 7) is 6.14. The predicted molar refractivity (Wildman–Crippen MR) is 176 cm³/mol. The zero-order valence-corrected chi connectivity index (χ0v) is 23.8. The molecule has 5 aromatic rings. The highest BCUT2D eigenvalue weighted by Gasteiger charge is 2.28. The van der Waals surface area contributed by atoms with E-state index < -0.39 is 6.15 Å². The van der Waals surface area contributed by atoms with Gasteiger partial charge in [-0.25, -0.2) is 0 Å². The standard InChI is InChI=1S/C22H24B.C15H15S/c1-2-3-19-23(20-13-7-4-8-14-20,21-15-9-5-10-16-21)22-17-11-6-12-18-22;1-2-13-16(14-9-5-3-6-10-14)15-11-7-4-8-12-15/h4-18H,2-3,19H2,1H3;2-12H,1,13H2/q-1;+1. The SMILES string of the molecule is C=CC[S+](c1ccccc1)c1ccccc1.CCCC[B-](c1ccccc1)(c1ccccc1)c1ccccc1. The van der Waals surface area contributed by atoms with E-state index >= 15 is 0 Å². The molecule has 5 rings (SSSR count). The van der Waals surface area contributed by atoms with Gasteiger partial charge in [-0.15, -0.1) is 0 Å². The number of rotatable bonds is 10. The molecule has 0 aliphatic carbocycles. The van der Waals surface area contributed by atoms with Gasteiger partial charge in [-0.05, 0) is 30.3 Å². The quantitative estimate of drug-likeness (QED) is 0.0987. The van der Waals surface area contributed by atoms with Gasteiger partial charge in [-0.1, -0.05) is 154 Å². The Morgan fingerprint density at radius 3 is 1.18 bits per heavy atom. The van der Waals surface area contributed by atoms with Gasteiger partial charge in [0.05, 0.1) is 17.0 Å². The molecule has 0 unspecified atom stereocenters. The molecule has 0 amide bonds. The highest BCUT2D eigenvalue weighted by atomic mass is 32.2. The maximum atomic E-state index is 3.86. The molecule has 0 aliphatic heterocycles. The normalized spacial score (nSPS) is 10.9. The van der Waals surface area contributed by atoms with Crippen molar-refractivity contribution in [3.63, 3.8) is 0 Å². The third-order valence-corrected chi connectivity index (χ3v) is 9.69. The Morgan fingerprint density at radius 2 is 0.872 bits per heavy atom. The molecule has 0 saturated carbocycles. The monoisotopic (exact) mass is 526 g/mol. The first kappa shape index (κ1) is 28.3. The van der Waals surface area contributed by atoms with Crippen LogP contribution in [0.4, 0.5) is 0 Å². The lowest BCUT2D eigenvalue weighted by Gasteiger charge is -2.43. The van der Waals surface area contributed by atoms with Crippen LogP contribution < -0.4 is 16.4 Å². The zero-order valence-electron chi connectivity index (χ0n) is 23.0. The van der Waals surface area contributed by atoms with E-state index in [0.29, 0.717) is 0 Å². The number of unbranched alkanes of at least 4 members (excludes halogenated alkanes) is 1. The van der Waals surface area contributed by atoms with Gasteiger partial charge in [0.2, 0.25) is 0 Å². The summed E-state index contributed by atoms with van der Waals surface area (Å²) in [7, 11) is 0.131. The van der Waals surface area contributed by atoms with Crippen molar-refractivity contribution in [1.29, 1.82) is 0 Å². The summed E-state index contributed by atoms with van der Waals surface area (Å²) in [6.07, 6.45) is 4.73. The molecule has 5 aromatic carbocycles. The van der Waals surface area contributed by atoms with Crippen LogP contribution >= 0.6 is 0 Å². The second kappa shape index (κ2) is 15.0. The molecule has 0 nitrogen and oxygen atoms in total. The average molecular weight is 527 g/mol. The van der Waals surface area contributed by atoms with Gasteiger partial charge in [0.25, 0.3) is 0 Å². The van der Waals surface area contributed by atoms with Crippen LogP contribution in [0.5, 0.6) is 0 Å². The summed E-state index contributed by atoms with van der Waals surface area (Å²) < 4.78 is 0. The van der Waals surface area contributed by atoms with Gasteiger partial charge in [-0.2, -0.15) is 22.7 Å². The largest absolute Gasteiger partial charge is 0.200 e. The van der Waals surface area contributed by atoms with Crippen LogP contribution in [0.1, 0.15) is 19.8 Å². The first-order valence-electron chi connectivity index (χ1n) is 14.0. The molecule has 39 heavy (non-hydrogen) atoms. The molecular weight excluding hydrogens is 487 g/mol. The van der Waals surface area contributed by atoms with E-state index in [0.717, 1.165) is 5.75 Å². The van der Waals surface area contributed by atoms with Crippen molar-refractivity contribution in [2.24, 2.45) is 0 Å². The molecule has 0 spiro atoms. The maximum absolute atomic E-state index is 3.86. The van der Waals surface area contributed by atoms with E-state index in [1.54, 1.807) is 0 Å². The summed E-state index contributed by atoms with van der Waals surface area (Å²) in [5.41, 5.74) is 4.33. The van der Waals surface area contributed by atoms with E-state index in [9.17, 15) is 0 Å². The molecule has 0 aliphatic rings. The Balaban J connectivity index is 0.000000193. The van der Waals surface area contributed by atoms with Crippen LogP contribution in [0.2, 0.25) is 6.32 Å². The van der Waals surface area contributed by atoms with Crippen LogP contribution in [0.25, 0.3) is 0 Å².